The average molecular weight is 288 g/mol. The first-order valence-corrected chi connectivity index (χ1v) is 7.80. The first kappa shape index (κ1) is 15.9. The number of ketones is 2. The van der Waals surface area contributed by atoms with Crippen molar-refractivity contribution >= 4 is 11.6 Å². The van der Waals surface area contributed by atoms with Crippen molar-refractivity contribution in [3.8, 4) is 0 Å². The van der Waals surface area contributed by atoms with Gasteiger partial charge in [-0.25, -0.2) is 0 Å². The van der Waals surface area contributed by atoms with Gasteiger partial charge in [0, 0.05) is 17.9 Å². The lowest BCUT2D eigenvalue weighted by molar-refractivity contribution is -0.123. The highest BCUT2D eigenvalue weighted by molar-refractivity contribution is 5.97. The maximum Gasteiger partial charge on any atom is 0.176 e. The molecule has 1 aliphatic heterocycles. The molecule has 1 saturated heterocycles. The number of piperidine rings is 1. The Morgan fingerprint density at radius 1 is 1.14 bits per heavy atom. The summed E-state index contributed by atoms with van der Waals surface area (Å²) >= 11 is 0. The number of benzene rings is 1. The first-order valence-electron chi connectivity index (χ1n) is 7.80. The monoisotopic (exact) mass is 288 g/mol. The molecule has 0 saturated carbocycles. The highest BCUT2D eigenvalue weighted by Crippen LogP contribution is 2.15. The molecule has 1 aromatic carbocycles. The molecule has 0 atom stereocenters. The molecule has 0 aromatic heterocycles. The van der Waals surface area contributed by atoms with Crippen molar-refractivity contribution in [1.82, 2.24) is 10.6 Å². The molecule has 2 rings (SSSR count). The molecule has 1 aliphatic rings. The van der Waals surface area contributed by atoms with Crippen molar-refractivity contribution in [2.45, 2.75) is 25.7 Å². The van der Waals surface area contributed by atoms with E-state index in [4.69, 9.17) is 0 Å². The zero-order valence-corrected chi connectivity index (χ0v) is 12.4. The third-order valence-electron chi connectivity index (χ3n) is 3.95. The minimum absolute atomic E-state index is 0.0975. The van der Waals surface area contributed by atoms with Crippen LogP contribution in [0.2, 0.25) is 0 Å². The number of Topliss-reactive ketones (excluding diaryl/α,β-unsaturated/α-hetero) is 2. The van der Waals surface area contributed by atoms with E-state index in [0.717, 1.165) is 44.5 Å². The summed E-state index contributed by atoms with van der Waals surface area (Å²) in [7, 11) is 0. The number of rotatable bonds is 8. The van der Waals surface area contributed by atoms with Crippen LogP contribution in [0.3, 0.4) is 0 Å². The fourth-order valence-corrected chi connectivity index (χ4v) is 2.66. The second-order valence-electron chi connectivity index (χ2n) is 5.56. The minimum atomic E-state index is 0.0975. The smallest absolute Gasteiger partial charge is 0.176 e. The van der Waals surface area contributed by atoms with Crippen molar-refractivity contribution in [2.75, 3.05) is 26.2 Å². The molecule has 4 nitrogen and oxygen atoms in total. The van der Waals surface area contributed by atoms with Crippen molar-refractivity contribution < 1.29 is 9.59 Å². The molecule has 0 bridgehead atoms. The summed E-state index contributed by atoms with van der Waals surface area (Å²) in [4.78, 5) is 23.8. The molecular formula is C17H24N2O2. The molecule has 4 heteroatoms. The van der Waals surface area contributed by atoms with Crippen molar-refractivity contribution in [2.24, 2.45) is 5.92 Å². The van der Waals surface area contributed by atoms with Gasteiger partial charge < -0.3 is 10.6 Å². The van der Waals surface area contributed by atoms with Crippen LogP contribution in [0.4, 0.5) is 0 Å². The van der Waals surface area contributed by atoms with Crippen LogP contribution in [-0.2, 0) is 4.79 Å². The van der Waals surface area contributed by atoms with Crippen LogP contribution in [0.15, 0.2) is 30.3 Å². The summed E-state index contributed by atoms with van der Waals surface area (Å²) in [6, 6.07) is 9.28. The Kier molecular flexibility index (Phi) is 6.57. The number of carbonyl (C=O) groups is 2. The number of carbonyl (C=O) groups excluding carboxylic acids is 2. The Morgan fingerprint density at radius 2 is 1.86 bits per heavy atom. The van der Waals surface area contributed by atoms with Crippen LogP contribution >= 0.6 is 0 Å². The normalized spacial score (nSPS) is 15.8. The van der Waals surface area contributed by atoms with Gasteiger partial charge in [0.1, 0.15) is 5.78 Å². The van der Waals surface area contributed by atoms with Gasteiger partial charge in [0.15, 0.2) is 5.78 Å². The Morgan fingerprint density at radius 3 is 2.57 bits per heavy atom. The molecule has 2 N–H and O–H groups in total. The Hall–Kier alpha value is -1.52. The van der Waals surface area contributed by atoms with Gasteiger partial charge in [-0.05, 0) is 38.9 Å². The lowest BCUT2D eigenvalue weighted by Gasteiger charge is -2.21. The summed E-state index contributed by atoms with van der Waals surface area (Å²) in [6.45, 7) is 2.97. The van der Waals surface area contributed by atoms with Crippen LogP contribution < -0.4 is 10.6 Å². The number of hydrogen-bond acceptors (Lipinski definition) is 4. The Labute approximate surface area is 126 Å². The van der Waals surface area contributed by atoms with Gasteiger partial charge in [0.25, 0.3) is 0 Å². The first-order chi connectivity index (χ1) is 10.3. The van der Waals surface area contributed by atoms with Gasteiger partial charge in [0.05, 0.1) is 6.54 Å². The summed E-state index contributed by atoms with van der Waals surface area (Å²) in [5.41, 5.74) is 0.732. The van der Waals surface area contributed by atoms with E-state index in [-0.39, 0.29) is 11.7 Å². The molecule has 114 valence electrons. The lowest BCUT2D eigenvalue weighted by atomic mass is 9.91. The third-order valence-corrected chi connectivity index (χ3v) is 3.95. The van der Waals surface area contributed by atoms with Crippen LogP contribution in [0.5, 0.6) is 0 Å². The van der Waals surface area contributed by atoms with Crippen LogP contribution in [0, 0.1) is 5.92 Å². The van der Waals surface area contributed by atoms with E-state index in [0.29, 0.717) is 18.7 Å². The highest BCUT2D eigenvalue weighted by Gasteiger charge is 2.19. The summed E-state index contributed by atoms with van der Waals surface area (Å²) in [5.74, 6) is 0.727. The zero-order valence-electron chi connectivity index (χ0n) is 12.4. The SMILES string of the molecule is O=C(CNCCCC(=O)C1CCNCC1)c1ccccc1. The topological polar surface area (TPSA) is 58.2 Å². The van der Waals surface area contributed by atoms with Crippen LogP contribution in [-0.4, -0.2) is 37.7 Å². The van der Waals surface area contributed by atoms with Gasteiger partial charge in [-0.1, -0.05) is 30.3 Å². The number of nitrogens with one attached hydrogen (secondary N) is 2. The van der Waals surface area contributed by atoms with E-state index >= 15 is 0 Å². The second kappa shape index (κ2) is 8.70. The van der Waals surface area contributed by atoms with Crippen molar-refractivity contribution in [3.05, 3.63) is 35.9 Å². The maximum absolute atomic E-state index is 12.0. The molecule has 0 aliphatic carbocycles. The summed E-state index contributed by atoms with van der Waals surface area (Å²) < 4.78 is 0. The predicted octanol–water partition coefficient (Wildman–Crippen LogP) is 1.81. The van der Waals surface area contributed by atoms with Crippen molar-refractivity contribution in [1.29, 1.82) is 0 Å². The molecule has 0 radical (unpaired) electrons. The van der Waals surface area contributed by atoms with Gasteiger partial charge in [-0.3, -0.25) is 9.59 Å². The fraction of sp³-hybridized carbons (Fsp3) is 0.529. The molecular weight excluding hydrogens is 264 g/mol. The van der Waals surface area contributed by atoms with Gasteiger partial charge in [-0.2, -0.15) is 0 Å². The molecule has 0 spiro atoms. The number of hydrogen-bond donors (Lipinski definition) is 2. The molecule has 0 amide bonds. The zero-order chi connectivity index (χ0) is 14.9. The molecule has 1 fully saturated rings. The molecule has 1 aromatic rings. The van der Waals surface area contributed by atoms with E-state index in [1.165, 1.54) is 0 Å². The predicted molar refractivity (Wildman–Crippen MR) is 83.5 cm³/mol. The lowest BCUT2D eigenvalue weighted by Crippen LogP contribution is -2.32. The second-order valence-corrected chi connectivity index (χ2v) is 5.56. The van der Waals surface area contributed by atoms with Crippen molar-refractivity contribution in [3.63, 3.8) is 0 Å². The maximum atomic E-state index is 12.0. The molecule has 0 unspecified atom stereocenters. The van der Waals surface area contributed by atoms with E-state index in [2.05, 4.69) is 10.6 Å². The van der Waals surface area contributed by atoms with E-state index in [1.54, 1.807) is 0 Å². The van der Waals surface area contributed by atoms with Crippen LogP contribution in [0.25, 0.3) is 0 Å². The largest absolute Gasteiger partial charge is 0.317 e. The fourth-order valence-electron chi connectivity index (χ4n) is 2.66. The summed E-state index contributed by atoms with van der Waals surface area (Å²) in [5, 5.41) is 6.40. The average Bonchev–Trinajstić information content (AvgIpc) is 2.55. The Balaban J connectivity index is 1.57. The molecule has 21 heavy (non-hydrogen) atoms. The quantitative estimate of drug-likeness (QED) is 0.566. The van der Waals surface area contributed by atoms with E-state index in [1.807, 2.05) is 30.3 Å². The molecule has 1 heterocycles. The van der Waals surface area contributed by atoms with E-state index in [9.17, 15) is 9.59 Å². The highest BCUT2D eigenvalue weighted by atomic mass is 16.1. The summed E-state index contributed by atoms with van der Waals surface area (Å²) in [6.07, 6.45) is 3.37. The van der Waals surface area contributed by atoms with Gasteiger partial charge >= 0.3 is 0 Å². The van der Waals surface area contributed by atoms with E-state index < -0.39 is 0 Å². The van der Waals surface area contributed by atoms with Gasteiger partial charge in [-0.15, -0.1) is 0 Å². The minimum Gasteiger partial charge on any atom is -0.317 e. The third kappa shape index (κ3) is 5.40. The van der Waals surface area contributed by atoms with Gasteiger partial charge in [0.2, 0.25) is 0 Å². The van der Waals surface area contributed by atoms with Crippen LogP contribution in [0.1, 0.15) is 36.0 Å². The standard InChI is InChI=1S/C17H24N2O2/c20-16(15-8-11-18-12-9-15)7-4-10-19-13-17(21)14-5-2-1-3-6-14/h1-3,5-6,15,18-19H,4,7-13H2. The Bertz CT molecular complexity index is 453.